The fourth-order valence-corrected chi connectivity index (χ4v) is 7.09. The second-order valence-electron chi connectivity index (χ2n) is 12.7. The topological polar surface area (TPSA) is 56.0 Å². The van der Waals surface area contributed by atoms with Crippen LogP contribution in [0.3, 0.4) is 0 Å². The van der Waals surface area contributed by atoms with Crippen LogP contribution in [0.1, 0.15) is 0 Å². The molecule has 5 heteroatoms. The number of hydrogen-bond acceptors (Lipinski definition) is 4. The van der Waals surface area contributed by atoms with E-state index in [1.807, 2.05) is 42.6 Å². The number of pyridine rings is 2. The number of imidazole rings is 1. The highest BCUT2D eigenvalue weighted by atomic mass is 15.1. The minimum Gasteiger partial charge on any atom is -0.284 e. The molecule has 10 aromatic rings. The Balaban J connectivity index is 1.02. The lowest BCUT2D eigenvalue weighted by atomic mass is 9.98. The van der Waals surface area contributed by atoms with E-state index in [4.69, 9.17) is 19.9 Å². The zero-order valence-corrected chi connectivity index (χ0v) is 27.5. The smallest absolute Gasteiger partial charge is 0.165 e. The Morgan fingerprint density at radius 1 is 0.353 bits per heavy atom. The van der Waals surface area contributed by atoms with Crippen molar-refractivity contribution in [2.24, 2.45) is 0 Å². The second-order valence-corrected chi connectivity index (χ2v) is 12.7. The van der Waals surface area contributed by atoms with Crippen molar-refractivity contribution in [3.8, 4) is 56.2 Å². The van der Waals surface area contributed by atoms with Crippen molar-refractivity contribution < 1.29 is 0 Å². The van der Waals surface area contributed by atoms with Crippen molar-refractivity contribution in [3.05, 3.63) is 176 Å². The highest BCUT2D eigenvalue weighted by Crippen LogP contribution is 2.35. The molecule has 4 heterocycles. The molecule has 0 fully saturated rings. The summed E-state index contributed by atoms with van der Waals surface area (Å²) in [6, 6.07) is 58.9. The Hall–Kier alpha value is -6.98. The Morgan fingerprint density at radius 2 is 0.941 bits per heavy atom. The fourth-order valence-electron chi connectivity index (χ4n) is 7.09. The summed E-state index contributed by atoms with van der Waals surface area (Å²) in [6.45, 7) is 0. The van der Waals surface area contributed by atoms with Gasteiger partial charge in [0.2, 0.25) is 0 Å². The monoisotopic (exact) mass is 651 g/mol. The van der Waals surface area contributed by atoms with Crippen molar-refractivity contribution in [2.45, 2.75) is 0 Å². The van der Waals surface area contributed by atoms with Crippen molar-refractivity contribution in [1.82, 2.24) is 24.3 Å². The third-order valence-electron chi connectivity index (χ3n) is 9.64. The molecule has 4 aromatic heterocycles. The highest BCUT2D eigenvalue weighted by Gasteiger charge is 2.16. The molecule has 0 spiro atoms. The number of hydrogen-bond donors (Lipinski definition) is 0. The van der Waals surface area contributed by atoms with Crippen LogP contribution in [0.4, 0.5) is 0 Å². The van der Waals surface area contributed by atoms with E-state index in [2.05, 4.69) is 138 Å². The Bertz CT molecular complexity index is 2890. The summed E-state index contributed by atoms with van der Waals surface area (Å²) in [5.74, 6) is 0.702. The molecule has 0 bridgehead atoms. The third-order valence-corrected chi connectivity index (χ3v) is 9.64. The van der Waals surface area contributed by atoms with E-state index in [1.54, 1.807) is 0 Å². The lowest BCUT2D eigenvalue weighted by Crippen LogP contribution is -1.95. The molecule has 0 atom stereocenters. The average Bonchev–Trinajstić information content (AvgIpc) is 3.60. The highest BCUT2D eigenvalue weighted by molar-refractivity contribution is 6.09. The summed E-state index contributed by atoms with van der Waals surface area (Å²) in [5, 5.41) is 3.21. The van der Waals surface area contributed by atoms with Crippen LogP contribution in [-0.4, -0.2) is 24.3 Å². The first kappa shape index (κ1) is 29.0. The van der Waals surface area contributed by atoms with Gasteiger partial charge < -0.3 is 0 Å². The Kier molecular flexibility index (Phi) is 6.74. The molecule has 10 rings (SSSR count). The molecule has 51 heavy (non-hydrogen) atoms. The van der Waals surface area contributed by atoms with Crippen LogP contribution in [0, 0.1) is 0 Å². The SMILES string of the molecule is c1ccc(-c2ccc(-c3nc(-c4ccc(-c5cccc(-c6nc7c(nc8ccccn87)c7ccccc67)c5)cc4)nc4ccccc34)cc2)cc1. The first-order chi connectivity index (χ1) is 25.3. The van der Waals surface area contributed by atoms with Crippen LogP contribution >= 0.6 is 0 Å². The van der Waals surface area contributed by atoms with Gasteiger partial charge in [-0.05, 0) is 46.5 Å². The molecule has 5 nitrogen and oxygen atoms in total. The predicted octanol–water partition coefficient (Wildman–Crippen LogP) is 11.3. The standard InChI is InChI=1S/C46H29N5/c1-2-11-30(12-3-1)31-20-24-33(25-21-31)42-39-17-6-7-18-40(39)47-45(49-42)34-26-22-32(23-27-34)35-13-10-14-36(29-35)43-37-15-4-5-16-38(37)44-46(50-43)51-28-9-8-19-41(51)48-44/h1-29H. The van der Waals surface area contributed by atoms with Crippen molar-refractivity contribution in [3.63, 3.8) is 0 Å². The van der Waals surface area contributed by atoms with Crippen LogP contribution in [-0.2, 0) is 0 Å². The van der Waals surface area contributed by atoms with E-state index in [0.29, 0.717) is 5.82 Å². The van der Waals surface area contributed by atoms with Crippen LogP contribution in [0.15, 0.2) is 176 Å². The summed E-state index contributed by atoms with van der Waals surface area (Å²) >= 11 is 0. The third kappa shape index (κ3) is 5.03. The first-order valence-electron chi connectivity index (χ1n) is 17.1. The van der Waals surface area contributed by atoms with Gasteiger partial charge in [-0.2, -0.15) is 0 Å². The summed E-state index contributed by atoms with van der Waals surface area (Å²) in [5.41, 5.74) is 13.1. The molecule has 6 aromatic carbocycles. The molecule has 0 saturated heterocycles. The minimum atomic E-state index is 0.702. The molecule has 0 aliphatic carbocycles. The van der Waals surface area contributed by atoms with Gasteiger partial charge in [0, 0.05) is 39.0 Å². The number of para-hydroxylation sites is 1. The Morgan fingerprint density at radius 3 is 1.76 bits per heavy atom. The van der Waals surface area contributed by atoms with Crippen molar-refractivity contribution >= 4 is 38.5 Å². The van der Waals surface area contributed by atoms with Crippen LogP contribution in [0.5, 0.6) is 0 Å². The van der Waals surface area contributed by atoms with Gasteiger partial charge in [0.1, 0.15) is 11.2 Å². The van der Waals surface area contributed by atoms with Gasteiger partial charge in [-0.15, -0.1) is 0 Å². The maximum atomic E-state index is 5.21. The number of fused-ring (bicyclic) bond motifs is 6. The van der Waals surface area contributed by atoms with Gasteiger partial charge in [-0.1, -0.05) is 146 Å². The predicted molar refractivity (Wildman–Crippen MR) is 208 cm³/mol. The lowest BCUT2D eigenvalue weighted by molar-refractivity contribution is 1.19. The maximum Gasteiger partial charge on any atom is 0.165 e. The van der Waals surface area contributed by atoms with E-state index in [9.17, 15) is 0 Å². The molecule has 0 N–H and O–H groups in total. The molecule has 0 radical (unpaired) electrons. The van der Waals surface area contributed by atoms with E-state index in [0.717, 1.165) is 77.7 Å². The molecule has 0 aliphatic heterocycles. The van der Waals surface area contributed by atoms with Gasteiger partial charge in [0.15, 0.2) is 11.5 Å². The summed E-state index contributed by atoms with van der Waals surface area (Å²) in [6.07, 6.45) is 2.03. The number of aromatic nitrogens is 5. The minimum absolute atomic E-state index is 0.702. The lowest BCUT2D eigenvalue weighted by Gasteiger charge is -2.11. The number of nitrogens with zero attached hydrogens (tertiary/aromatic N) is 5. The summed E-state index contributed by atoms with van der Waals surface area (Å²) in [4.78, 5) is 20.3. The molecule has 0 unspecified atom stereocenters. The molecule has 0 saturated carbocycles. The van der Waals surface area contributed by atoms with E-state index >= 15 is 0 Å². The van der Waals surface area contributed by atoms with Crippen LogP contribution < -0.4 is 0 Å². The van der Waals surface area contributed by atoms with Crippen molar-refractivity contribution in [1.29, 1.82) is 0 Å². The zero-order valence-electron chi connectivity index (χ0n) is 27.5. The number of rotatable bonds is 5. The molecular formula is C46H29N5. The van der Waals surface area contributed by atoms with Gasteiger partial charge >= 0.3 is 0 Å². The van der Waals surface area contributed by atoms with Gasteiger partial charge in [0.05, 0.1) is 16.9 Å². The van der Waals surface area contributed by atoms with Crippen LogP contribution in [0.2, 0.25) is 0 Å². The van der Waals surface area contributed by atoms with Gasteiger partial charge in [0.25, 0.3) is 0 Å². The zero-order chi connectivity index (χ0) is 33.7. The first-order valence-corrected chi connectivity index (χ1v) is 17.1. The number of benzene rings is 6. The maximum absolute atomic E-state index is 5.21. The summed E-state index contributed by atoms with van der Waals surface area (Å²) < 4.78 is 2.06. The largest absolute Gasteiger partial charge is 0.284 e. The Labute approximate surface area is 294 Å². The van der Waals surface area contributed by atoms with Gasteiger partial charge in [-0.3, -0.25) is 4.40 Å². The van der Waals surface area contributed by atoms with Crippen LogP contribution in [0.25, 0.3) is 94.6 Å². The quantitative estimate of drug-likeness (QED) is 0.186. The molecular weight excluding hydrogens is 623 g/mol. The summed E-state index contributed by atoms with van der Waals surface area (Å²) in [7, 11) is 0. The van der Waals surface area contributed by atoms with Gasteiger partial charge in [-0.25, -0.2) is 19.9 Å². The van der Waals surface area contributed by atoms with E-state index in [1.165, 1.54) is 11.1 Å². The van der Waals surface area contributed by atoms with E-state index < -0.39 is 0 Å². The second kappa shape index (κ2) is 11.9. The fraction of sp³-hybridized carbons (Fsp3) is 0. The molecule has 0 amide bonds. The average molecular weight is 652 g/mol. The van der Waals surface area contributed by atoms with E-state index in [-0.39, 0.29) is 0 Å². The van der Waals surface area contributed by atoms with Crippen molar-refractivity contribution in [2.75, 3.05) is 0 Å². The normalized spacial score (nSPS) is 11.5. The molecule has 0 aliphatic rings. The molecule has 238 valence electrons.